The average Bonchev–Trinajstić information content (AvgIpc) is 2.74. The lowest BCUT2D eigenvalue weighted by Gasteiger charge is -2.12. The van der Waals surface area contributed by atoms with Crippen LogP contribution in [0.2, 0.25) is 0 Å². The topological polar surface area (TPSA) is 72.5 Å². The molecule has 6 heteroatoms. The lowest BCUT2D eigenvalue weighted by atomic mass is 10.1. The normalized spacial score (nSPS) is 10.3. The summed E-state index contributed by atoms with van der Waals surface area (Å²) in [5.41, 5.74) is 3.28. The summed E-state index contributed by atoms with van der Waals surface area (Å²) >= 11 is 0. The number of hydrogen-bond donors (Lipinski definition) is 2. The third kappa shape index (κ3) is 5.25. The molecule has 29 heavy (non-hydrogen) atoms. The van der Waals surface area contributed by atoms with Gasteiger partial charge in [0.1, 0.15) is 17.3 Å². The summed E-state index contributed by atoms with van der Waals surface area (Å²) in [6, 6.07) is 17.1. The predicted molar refractivity (Wildman–Crippen MR) is 115 cm³/mol. The molecule has 0 saturated heterocycles. The number of carbonyl (C=O) groups is 1. The third-order valence-corrected chi connectivity index (χ3v) is 4.52. The van der Waals surface area contributed by atoms with Crippen molar-refractivity contribution >= 4 is 17.4 Å². The molecule has 1 heterocycles. The van der Waals surface area contributed by atoms with Crippen LogP contribution in [0.3, 0.4) is 0 Å². The summed E-state index contributed by atoms with van der Waals surface area (Å²) in [5, 5.41) is 6.14. The van der Waals surface area contributed by atoms with Gasteiger partial charge in [0.05, 0.1) is 25.5 Å². The summed E-state index contributed by atoms with van der Waals surface area (Å²) in [6.45, 7) is 2.67. The Morgan fingerprint density at radius 2 is 1.79 bits per heavy atom. The molecule has 0 atom stereocenters. The number of methoxy groups -OCH3 is 2. The van der Waals surface area contributed by atoms with Crippen molar-refractivity contribution in [1.29, 1.82) is 0 Å². The van der Waals surface area contributed by atoms with Crippen LogP contribution in [0.4, 0.5) is 11.5 Å². The molecule has 0 spiro atoms. The van der Waals surface area contributed by atoms with E-state index in [0.717, 1.165) is 23.3 Å². The van der Waals surface area contributed by atoms with E-state index in [2.05, 4.69) is 15.6 Å². The van der Waals surface area contributed by atoms with Gasteiger partial charge in [0, 0.05) is 12.7 Å². The van der Waals surface area contributed by atoms with Crippen LogP contribution in [0.15, 0.2) is 60.8 Å². The van der Waals surface area contributed by atoms with E-state index in [4.69, 9.17) is 9.47 Å². The number of aryl methyl sites for hydroxylation is 1. The second kappa shape index (κ2) is 9.59. The number of aromatic nitrogens is 1. The highest BCUT2D eigenvalue weighted by Gasteiger charge is 2.11. The van der Waals surface area contributed by atoms with Gasteiger partial charge in [-0.1, -0.05) is 24.3 Å². The fourth-order valence-electron chi connectivity index (χ4n) is 2.98. The third-order valence-electron chi connectivity index (χ3n) is 4.52. The van der Waals surface area contributed by atoms with E-state index in [0.29, 0.717) is 29.4 Å². The van der Waals surface area contributed by atoms with Gasteiger partial charge in [0.2, 0.25) is 0 Å². The van der Waals surface area contributed by atoms with E-state index >= 15 is 0 Å². The first kappa shape index (κ1) is 20.2. The number of para-hydroxylation sites is 1. The molecular formula is C23H25N3O3. The van der Waals surface area contributed by atoms with Crippen molar-refractivity contribution in [3.8, 4) is 11.5 Å². The lowest BCUT2D eigenvalue weighted by Crippen LogP contribution is -2.14. The minimum Gasteiger partial charge on any atom is -0.496 e. The molecule has 3 aromatic rings. The summed E-state index contributed by atoms with van der Waals surface area (Å²) in [5.74, 6) is 1.97. The molecule has 1 amide bonds. The lowest BCUT2D eigenvalue weighted by molar-refractivity contribution is 0.102. The Hall–Kier alpha value is -3.54. The molecule has 0 unspecified atom stereocenters. The quantitative estimate of drug-likeness (QED) is 0.598. The van der Waals surface area contributed by atoms with E-state index in [-0.39, 0.29) is 5.91 Å². The number of nitrogens with zero attached hydrogens (tertiary/aromatic N) is 1. The van der Waals surface area contributed by atoms with Crippen molar-refractivity contribution in [2.45, 2.75) is 13.3 Å². The largest absolute Gasteiger partial charge is 0.496 e. The molecular weight excluding hydrogens is 366 g/mol. The Kier molecular flexibility index (Phi) is 6.68. The fourth-order valence-corrected chi connectivity index (χ4v) is 2.98. The van der Waals surface area contributed by atoms with Crippen molar-refractivity contribution in [2.24, 2.45) is 0 Å². The first-order chi connectivity index (χ1) is 14.1. The maximum Gasteiger partial charge on any atom is 0.257 e. The SMILES string of the molecule is COc1ccccc1CCNc1ccc(C(=O)Nc2cc(C)ccc2OC)cn1. The van der Waals surface area contributed by atoms with E-state index in [1.54, 1.807) is 32.5 Å². The summed E-state index contributed by atoms with van der Waals surface area (Å²) < 4.78 is 10.7. The van der Waals surface area contributed by atoms with Crippen LogP contribution < -0.4 is 20.1 Å². The molecule has 0 radical (unpaired) electrons. The van der Waals surface area contributed by atoms with Gasteiger partial charge in [-0.3, -0.25) is 4.79 Å². The molecule has 3 rings (SSSR count). The Morgan fingerprint density at radius 1 is 1.00 bits per heavy atom. The molecule has 0 saturated carbocycles. The monoisotopic (exact) mass is 391 g/mol. The molecule has 0 aliphatic rings. The van der Waals surface area contributed by atoms with E-state index < -0.39 is 0 Å². The van der Waals surface area contributed by atoms with E-state index in [9.17, 15) is 4.79 Å². The van der Waals surface area contributed by atoms with Gasteiger partial charge in [-0.25, -0.2) is 4.98 Å². The molecule has 6 nitrogen and oxygen atoms in total. The van der Waals surface area contributed by atoms with Gasteiger partial charge in [0.25, 0.3) is 5.91 Å². The second-order valence-corrected chi connectivity index (χ2v) is 6.58. The van der Waals surface area contributed by atoms with Crippen molar-refractivity contribution in [1.82, 2.24) is 4.98 Å². The number of amides is 1. The minimum atomic E-state index is -0.234. The van der Waals surface area contributed by atoms with E-state index in [1.807, 2.05) is 49.4 Å². The number of carbonyl (C=O) groups excluding carboxylic acids is 1. The van der Waals surface area contributed by atoms with Gasteiger partial charge < -0.3 is 20.1 Å². The Balaban J connectivity index is 1.58. The summed E-state index contributed by atoms with van der Waals surface area (Å²) in [4.78, 5) is 16.9. The zero-order valence-electron chi connectivity index (χ0n) is 16.9. The van der Waals surface area contributed by atoms with Crippen LogP contribution in [-0.2, 0) is 6.42 Å². The zero-order valence-corrected chi connectivity index (χ0v) is 16.9. The van der Waals surface area contributed by atoms with Crippen LogP contribution in [0.25, 0.3) is 0 Å². The van der Waals surface area contributed by atoms with Gasteiger partial charge in [-0.15, -0.1) is 0 Å². The van der Waals surface area contributed by atoms with Gasteiger partial charge >= 0.3 is 0 Å². The molecule has 0 fully saturated rings. The second-order valence-electron chi connectivity index (χ2n) is 6.58. The first-order valence-corrected chi connectivity index (χ1v) is 9.38. The fraction of sp³-hybridized carbons (Fsp3) is 0.217. The van der Waals surface area contributed by atoms with Crippen LogP contribution >= 0.6 is 0 Å². The number of nitrogens with one attached hydrogen (secondary N) is 2. The molecule has 2 N–H and O–H groups in total. The van der Waals surface area contributed by atoms with Gasteiger partial charge in [-0.2, -0.15) is 0 Å². The Morgan fingerprint density at radius 3 is 2.52 bits per heavy atom. The Labute approximate surface area is 170 Å². The smallest absolute Gasteiger partial charge is 0.257 e. The number of rotatable bonds is 8. The molecule has 0 aliphatic heterocycles. The van der Waals surface area contributed by atoms with Crippen LogP contribution in [0, 0.1) is 6.92 Å². The van der Waals surface area contributed by atoms with Gasteiger partial charge in [-0.05, 0) is 54.8 Å². The van der Waals surface area contributed by atoms with Crippen LogP contribution in [0.1, 0.15) is 21.5 Å². The summed E-state index contributed by atoms with van der Waals surface area (Å²) in [7, 11) is 3.25. The number of ether oxygens (including phenoxy) is 2. The molecule has 0 aliphatic carbocycles. The molecule has 2 aromatic carbocycles. The average molecular weight is 391 g/mol. The maximum atomic E-state index is 12.5. The highest BCUT2D eigenvalue weighted by Crippen LogP contribution is 2.25. The Bertz CT molecular complexity index is 971. The minimum absolute atomic E-state index is 0.234. The van der Waals surface area contributed by atoms with E-state index in [1.165, 1.54) is 0 Å². The predicted octanol–water partition coefficient (Wildman–Crippen LogP) is 4.31. The summed E-state index contributed by atoms with van der Waals surface area (Å²) in [6.07, 6.45) is 2.37. The molecule has 0 bridgehead atoms. The molecule has 150 valence electrons. The number of pyridine rings is 1. The van der Waals surface area contributed by atoms with Crippen molar-refractivity contribution in [3.05, 3.63) is 77.5 Å². The van der Waals surface area contributed by atoms with Crippen molar-refractivity contribution < 1.29 is 14.3 Å². The molecule has 1 aromatic heterocycles. The highest BCUT2D eigenvalue weighted by atomic mass is 16.5. The van der Waals surface area contributed by atoms with Crippen molar-refractivity contribution in [2.75, 3.05) is 31.4 Å². The zero-order chi connectivity index (χ0) is 20.6. The highest BCUT2D eigenvalue weighted by molar-refractivity contribution is 6.05. The van der Waals surface area contributed by atoms with Crippen molar-refractivity contribution in [3.63, 3.8) is 0 Å². The van der Waals surface area contributed by atoms with Crippen LogP contribution in [-0.4, -0.2) is 31.7 Å². The maximum absolute atomic E-state index is 12.5. The van der Waals surface area contributed by atoms with Crippen LogP contribution in [0.5, 0.6) is 11.5 Å². The standard InChI is InChI=1S/C23H25N3O3/c1-16-8-10-21(29-3)19(14-16)26-23(27)18-9-11-22(25-15-18)24-13-12-17-6-4-5-7-20(17)28-2/h4-11,14-15H,12-13H2,1-3H3,(H,24,25)(H,26,27). The van der Waals surface area contributed by atoms with Gasteiger partial charge in [0.15, 0.2) is 0 Å². The number of benzene rings is 2. The first-order valence-electron chi connectivity index (χ1n) is 9.38. The number of hydrogen-bond acceptors (Lipinski definition) is 5. The number of anilines is 2.